The maximum absolute atomic E-state index is 12.5. The van der Waals surface area contributed by atoms with Gasteiger partial charge in [-0.15, -0.1) is 0 Å². The lowest BCUT2D eigenvalue weighted by Crippen LogP contribution is -2.40. The predicted octanol–water partition coefficient (Wildman–Crippen LogP) is 3.16. The Kier molecular flexibility index (Phi) is 6.40. The normalized spacial score (nSPS) is 13.3. The smallest absolute Gasteiger partial charge is 0.253 e. The van der Waals surface area contributed by atoms with Crippen molar-refractivity contribution in [3.8, 4) is 0 Å². The van der Waals surface area contributed by atoms with Gasteiger partial charge in [0, 0.05) is 17.3 Å². The molecule has 2 aromatic carbocycles. The van der Waals surface area contributed by atoms with Crippen molar-refractivity contribution in [1.29, 1.82) is 0 Å². The molecular formula is C23H28N4O3. The lowest BCUT2D eigenvalue weighted by atomic mass is 10.1. The van der Waals surface area contributed by atoms with Crippen LogP contribution in [0, 0.1) is 0 Å². The van der Waals surface area contributed by atoms with Gasteiger partial charge in [-0.25, -0.2) is 0 Å². The molecule has 0 atom stereocenters. The van der Waals surface area contributed by atoms with Gasteiger partial charge in [-0.2, -0.15) is 0 Å². The molecule has 0 unspecified atom stereocenters. The minimum atomic E-state index is -0.369. The van der Waals surface area contributed by atoms with Crippen LogP contribution in [-0.4, -0.2) is 35.8 Å². The monoisotopic (exact) mass is 408 g/mol. The summed E-state index contributed by atoms with van der Waals surface area (Å²) in [7, 11) is 0. The lowest BCUT2D eigenvalue weighted by molar-refractivity contribution is -0.114. The second-order valence-electron chi connectivity index (χ2n) is 8.44. The molecule has 0 spiro atoms. The summed E-state index contributed by atoms with van der Waals surface area (Å²) >= 11 is 0. The first kappa shape index (κ1) is 21.4. The van der Waals surface area contributed by atoms with Crippen molar-refractivity contribution in [3.63, 3.8) is 0 Å². The second-order valence-corrected chi connectivity index (χ2v) is 8.44. The molecule has 0 aliphatic heterocycles. The third-order valence-electron chi connectivity index (χ3n) is 4.46. The van der Waals surface area contributed by atoms with Crippen LogP contribution in [0.25, 0.3) is 0 Å². The van der Waals surface area contributed by atoms with Crippen molar-refractivity contribution in [2.75, 3.05) is 17.2 Å². The van der Waals surface area contributed by atoms with Gasteiger partial charge in [0.05, 0.1) is 23.4 Å². The van der Waals surface area contributed by atoms with Crippen molar-refractivity contribution < 1.29 is 14.4 Å². The molecule has 158 valence electrons. The van der Waals surface area contributed by atoms with E-state index in [1.165, 1.54) is 0 Å². The van der Waals surface area contributed by atoms with Crippen LogP contribution in [0.5, 0.6) is 0 Å². The van der Waals surface area contributed by atoms with E-state index in [1.807, 2.05) is 20.8 Å². The Morgan fingerprint density at radius 1 is 0.867 bits per heavy atom. The Balaban J connectivity index is 1.63. The molecule has 30 heavy (non-hydrogen) atoms. The highest BCUT2D eigenvalue weighted by Gasteiger charge is 2.25. The number of carbonyl (C=O) groups is 3. The number of nitrogens with one attached hydrogen (secondary N) is 4. The van der Waals surface area contributed by atoms with Crippen LogP contribution in [0.1, 0.15) is 54.3 Å². The molecule has 1 aliphatic rings. The highest BCUT2D eigenvalue weighted by molar-refractivity contribution is 6.05. The fourth-order valence-electron chi connectivity index (χ4n) is 2.89. The van der Waals surface area contributed by atoms with E-state index in [0.717, 1.165) is 12.8 Å². The summed E-state index contributed by atoms with van der Waals surface area (Å²) in [4.78, 5) is 37.4. The number of amides is 3. The zero-order chi connectivity index (χ0) is 21.7. The molecule has 1 saturated carbocycles. The zero-order valence-corrected chi connectivity index (χ0v) is 17.5. The topological polar surface area (TPSA) is 99.3 Å². The molecule has 3 rings (SSSR count). The lowest BCUT2D eigenvalue weighted by Gasteiger charge is -2.21. The van der Waals surface area contributed by atoms with Gasteiger partial charge >= 0.3 is 0 Å². The molecule has 7 heteroatoms. The SMILES string of the molecule is CC(C)(C)NC(=O)c1ccccc1NCC(=O)Nc1ccccc1C(=O)NC1CC1. The molecule has 2 aromatic rings. The van der Waals surface area contributed by atoms with Crippen LogP contribution in [-0.2, 0) is 4.79 Å². The van der Waals surface area contributed by atoms with Crippen LogP contribution in [0.2, 0.25) is 0 Å². The molecule has 4 N–H and O–H groups in total. The minimum Gasteiger partial charge on any atom is -0.376 e. The Labute approximate surface area is 176 Å². The van der Waals surface area contributed by atoms with Crippen LogP contribution in [0.4, 0.5) is 11.4 Å². The molecule has 0 aromatic heterocycles. The van der Waals surface area contributed by atoms with Crippen LogP contribution < -0.4 is 21.3 Å². The van der Waals surface area contributed by atoms with Gasteiger partial charge in [0.25, 0.3) is 11.8 Å². The highest BCUT2D eigenvalue weighted by Crippen LogP contribution is 2.22. The average Bonchev–Trinajstić information content (AvgIpc) is 3.49. The van der Waals surface area contributed by atoms with Gasteiger partial charge in [-0.3, -0.25) is 14.4 Å². The molecule has 3 amide bonds. The first-order chi connectivity index (χ1) is 14.2. The summed E-state index contributed by atoms with van der Waals surface area (Å²) in [6, 6.07) is 14.2. The average molecular weight is 409 g/mol. The van der Waals surface area contributed by atoms with E-state index in [0.29, 0.717) is 22.5 Å². The number of hydrogen-bond acceptors (Lipinski definition) is 4. The Morgan fingerprint density at radius 2 is 1.43 bits per heavy atom. The van der Waals surface area contributed by atoms with E-state index in [9.17, 15) is 14.4 Å². The van der Waals surface area contributed by atoms with E-state index >= 15 is 0 Å². The fourth-order valence-corrected chi connectivity index (χ4v) is 2.89. The number of benzene rings is 2. The minimum absolute atomic E-state index is 0.0433. The van der Waals surface area contributed by atoms with Crippen molar-refractivity contribution >= 4 is 29.1 Å². The molecule has 0 heterocycles. The summed E-state index contributed by atoms with van der Waals surface area (Å²) in [5.41, 5.74) is 1.55. The van der Waals surface area contributed by atoms with Crippen molar-refractivity contribution in [2.45, 2.75) is 45.2 Å². The van der Waals surface area contributed by atoms with E-state index in [2.05, 4.69) is 21.3 Å². The van der Waals surface area contributed by atoms with E-state index < -0.39 is 0 Å². The molecular weight excluding hydrogens is 380 g/mol. The van der Waals surface area contributed by atoms with Crippen LogP contribution >= 0.6 is 0 Å². The molecule has 0 bridgehead atoms. The maximum atomic E-state index is 12.5. The standard InChI is InChI=1S/C23H28N4O3/c1-23(2,3)27-22(30)16-8-4-6-10-18(16)24-14-20(28)26-19-11-7-5-9-17(19)21(29)25-15-12-13-15/h4-11,15,24H,12-14H2,1-3H3,(H,25,29)(H,26,28)(H,27,30). The number of para-hydroxylation sites is 2. The molecule has 0 radical (unpaired) electrons. The number of anilines is 2. The van der Waals surface area contributed by atoms with E-state index in [-0.39, 0.29) is 35.8 Å². The van der Waals surface area contributed by atoms with Gasteiger partial charge in [0.15, 0.2) is 0 Å². The maximum Gasteiger partial charge on any atom is 0.253 e. The molecule has 1 aliphatic carbocycles. The van der Waals surface area contributed by atoms with Gasteiger partial charge < -0.3 is 21.3 Å². The number of hydrogen-bond donors (Lipinski definition) is 4. The summed E-state index contributed by atoms with van der Waals surface area (Å²) < 4.78 is 0. The van der Waals surface area contributed by atoms with Gasteiger partial charge in [-0.1, -0.05) is 24.3 Å². The van der Waals surface area contributed by atoms with Crippen LogP contribution in [0.15, 0.2) is 48.5 Å². The van der Waals surface area contributed by atoms with Crippen molar-refractivity contribution in [2.24, 2.45) is 0 Å². The zero-order valence-electron chi connectivity index (χ0n) is 17.5. The molecule has 7 nitrogen and oxygen atoms in total. The predicted molar refractivity (Wildman–Crippen MR) is 118 cm³/mol. The Morgan fingerprint density at radius 3 is 2.03 bits per heavy atom. The van der Waals surface area contributed by atoms with Crippen molar-refractivity contribution in [1.82, 2.24) is 10.6 Å². The molecule has 1 fully saturated rings. The fraction of sp³-hybridized carbons (Fsp3) is 0.348. The first-order valence-electron chi connectivity index (χ1n) is 10.1. The third kappa shape index (κ3) is 6.07. The Hall–Kier alpha value is -3.35. The summed E-state index contributed by atoms with van der Waals surface area (Å²) in [5, 5.41) is 11.6. The highest BCUT2D eigenvalue weighted by atomic mass is 16.2. The second kappa shape index (κ2) is 8.98. The quantitative estimate of drug-likeness (QED) is 0.565. The summed E-state index contributed by atoms with van der Waals surface area (Å²) in [5.74, 6) is -0.716. The van der Waals surface area contributed by atoms with Gasteiger partial charge in [0.2, 0.25) is 5.91 Å². The van der Waals surface area contributed by atoms with E-state index in [1.54, 1.807) is 48.5 Å². The summed E-state index contributed by atoms with van der Waals surface area (Å²) in [6.45, 7) is 5.68. The van der Waals surface area contributed by atoms with Gasteiger partial charge in [0.1, 0.15) is 0 Å². The van der Waals surface area contributed by atoms with Crippen LogP contribution in [0.3, 0.4) is 0 Å². The number of rotatable bonds is 7. The largest absolute Gasteiger partial charge is 0.376 e. The molecule has 0 saturated heterocycles. The van der Waals surface area contributed by atoms with Gasteiger partial charge in [-0.05, 0) is 57.9 Å². The van der Waals surface area contributed by atoms with E-state index in [4.69, 9.17) is 0 Å². The first-order valence-corrected chi connectivity index (χ1v) is 10.1. The Bertz CT molecular complexity index is 945. The third-order valence-corrected chi connectivity index (χ3v) is 4.46. The summed E-state index contributed by atoms with van der Waals surface area (Å²) in [6.07, 6.45) is 1.98. The number of carbonyl (C=O) groups excluding carboxylic acids is 3. The van der Waals surface area contributed by atoms with Crippen molar-refractivity contribution in [3.05, 3.63) is 59.7 Å².